The maximum absolute atomic E-state index is 4.88. The van der Waals surface area contributed by atoms with Crippen LogP contribution in [0.1, 0.15) is 5.89 Å². The van der Waals surface area contributed by atoms with Crippen LogP contribution in [-0.4, -0.2) is 10.2 Å². The van der Waals surface area contributed by atoms with E-state index in [9.17, 15) is 0 Å². The standard InChI is InChI=1S/C3H3ClN2O2S/c1-2-5-6-3(7-2)9-8-4/h1H3. The number of aromatic nitrogens is 2. The maximum Gasteiger partial charge on any atom is 0.305 e. The SMILES string of the molecule is Cc1nnc(SOCl)o1. The lowest BCUT2D eigenvalue weighted by molar-refractivity contribution is 0.422. The lowest BCUT2D eigenvalue weighted by Gasteiger charge is -1.80. The van der Waals surface area contributed by atoms with Gasteiger partial charge in [0, 0.05) is 6.92 Å². The van der Waals surface area contributed by atoms with Gasteiger partial charge >= 0.3 is 5.22 Å². The Morgan fingerprint density at radius 3 is 2.89 bits per heavy atom. The average molecular weight is 167 g/mol. The summed E-state index contributed by atoms with van der Waals surface area (Å²) in [7, 11) is 0. The third-order valence-corrected chi connectivity index (χ3v) is 1.17. The molecule has 0 saturated carbocycles. The number of nitrogens with zero attached hydrogens (tertiary/aromatic N) is 2. The molecule has 0 aliphatic heterocycles. The van der Waals surface area contributed by atoms with Crippen molar-refractivity contribution >= 4 is 23.9 Å². The van der Waals surface area contributed by atoms with E-state index in [0.29, 0.717) is 11.1 Å². The van der Waals surface area contributed by atoms with Gasteiger partial charge in [0.2, 0.25) is 5.89 Å². The first-order valence-electron chi connectivity index (χ1n) is 2.08. The van der Waals surface area contributed by atoms with Crippen LogP contribution < -0.4 is 0 Å². The van der Waals surface area contributed by atoms with Crippen molar-refractivity contribution in [1.82, 2.24) is 10.2 Å². The first kappa shape index (κ1) is 6.85. The van der Waals surface area contributed by atoms with E-state index in [1.54, 1.807) is 6.92 Å². The fourth-order valence-corrected chi connectivity index (χ4v) is 0.783. The first-order chi connectivity index (χ1) is 4.33. The van der Waals surface area contributed by atoms with Crippen LogP contribution in [0.3, 0.4) is 0 Å². The normalized spacial score (nSPS) is 10.0. The smallest absolute Gasteiger partial charge is 0.305 e. The molecule has 0 saturated heterocycles. The van der Waals surface area contributed by atoms with Crippen molar-refractivity contribution in [3.8, 4) is 0 Å². The molecular weight excluding hydrogens is 164 g/mol. The quantitative estimate of drug-likeness (QED) is 0.624. The zero-order valence-electron chi connectivity index (χ0n) is 4.50. The highest BCUT2D eigenvalue weighted by atomic mass is 35.5. The molecule has 1 heterocycles. The topological polar surface area (TPSA) is 48.2 Å². The second-order valence-corrected chi connectivity index (χ2v) is 2.25. The predicted molar refractivity (Wildman–Crippen MR) is 31.8 cm³/mol. The molecule has 0 bridgehead atoms. The summed E-state index contributed by atoms with van der Waals surface area (Å²) in [4.78, 5) is 0. The third kappa shape index (κ3) is 1.85. The van der Waals surface area contributed by atoms with Gasteiger partial charge in [-0.3, -0.25) is 0 Å². The molecule has 1 aromatic rings. The first-order valence-corrected chi connectivity index (χ1v) is 3.13. The van der Waals surface area contributed by atoms with E-state index in [4.69, 9.17) is 16.3 Å². The molecule has 1 rings (SSSR count). The molecule has 0 N–H and O–H groups in total. The summed E-state index contributed by atoms with van der Waals surface area (Å²) in [6, 6.07) is 0. The van der Waals surface area contributed by atoms with Gasteiger partial charge in [-0.1, -0.05) is 5.10 Å². The van der Waals surface area contributed by atoms with E-state index in [0.717, 1.165) is 12.0 Å². The average Bonchev–Trinajstić information content (AvgIpc) is 2.17. The molecule has 0 atom stereocenters. The molecule has 0 aliphatic rings. The summed E-state index contributed by atoms with van der Waals surface area (Å²) in [5.74, 6) is 0.492. The van der Waals surface area contributed by atoms with Gasteiger partial charge in [0.1, 0.15) is 12.0 Å². The van der Waals surface area contributed by atoms with Crippen LogP contribution in [0.4, 0.5) is 0 Å². The van der Waals surface area contributed by atoms with Gasteiger partial charge < -0.3 is 4.42 Å². The van der Waals surface area contributed by atoms with E-state index in [2.05, 4.69) is 13.9 Å². The van der Waals surface area contributed by atoms with Gasteiger partial charge in [0.05, 0.1) is 11.9 Å². The molecule has 0 amide bonds. The minimum atomic E-state index is 0.308. The Morgan fingerprint density at radius 2 is 2.44 bits per heavy atom. The van der Waals surface area contributed by atoms with E-state index in [-0.39, 0.29) is 0 Å². The molecule has 50 valence electrons. The van der Waals surface area contributed by atoms with Gasteiger partial charge in [-0.25, -0.2) is 0 Å². The Balaban J connectivity index is 2.61. The fraction of sp³-hybridized carbons (Fsp3) is 0.333. The van der Waals surface area contributed by atoms with Crippen molar-refractivity contribution < 1.29 is 8.15 Å². The second kappa shape index (κ2) is 3.05. The van der Waals surface area contributed by atoms with Gasteiger partial charge in [-0.2, -0.15) is 3.74 Å². The van der Waals surface area contributed by atoms with Crippen LogP contribution in [-0.2, 0) is 3.74 Å². The second-order valence-electron chi connectivity index (χ2n) is 1.23. The van der Waals surface area contributed by atoms with E-state index >= 15 is 0 Å². The van der Waals surface area contributed by atoms with Crippen LogP contribution in [0.2, 0.25) is 0 Å². The van der Waals surface area contributed by atoms with Gasteiger partial charge in [0.15, 0.2) is 0 Å². The van der Waals surface area contributed by atoms with Crippen molar-refractivity contribution in [2.45, 2.75) is 12.1 Å². The Labute approximate surface area is 60.9 Å². The van der Waals surface area contributed by atoms with Crippen LogP contribution >= 0.6 is 23.9 Å². The maximum atomic E-state index is 4.88. The van der Waals surface area contributed by atoms with E-state index in [1.165, 1.54) is 0 Å². The molecule has 0 aliphatic carbocycles. The van der Waals surface area contributed by atoms with Crippen molar-refractivity contribution in [3.63, 3.8) is 0 Å². The molecule has 0 unspecified atom stereocenters. The van der Waals surface area contributed by atoms with Crippen molar-refractivity contribution in [2.75, 3.05) is 0 Å². The Bertz CT molecular complexity index is 192. The summed E-state index contributed by atoms with van der Waals surface area (Å²) in [5.41, 5.74) is 0. The van der Waals surface area contributed by atoms with E-state index in [1.807, 2.05) is 0 Å². The third-order valence-electron chi connectivity index (χ3n) is 0.610. The van der Waals surface area contributed by atoms with Crippen LogP contribution in [0.15, 0.2) is 9.64 Å². The highest BCUT2D eigenvalue weighted by molar-refractivity contribution is 7.95. The highest BCUT2D eigenvalue weighted by Gasteiger charge is 2.01. The zero-order valence-corrected chi connectivity index (χ0v) is 6.07. The van der Waals surface area contributed by atoms with Crippen LogP contribution in [0, 0.1) is 6.92 Å². The number of rotatable bonds is 2. The Kier molecular flexibility index (Phi) is 2.32. The number of halogens is 1. The largest absolute Gasteiger partial charge is 0.415 e. The summed E-state index contributed by atoms with van der Waals surface area (Å²) >= 11 is 5.70. The van der Waals surface area contributed by atoms with Crippen LogP contribution in [0.5, 0.6) is 0 Å². The summed E-state index contributed by atoms with van der Waals surface area (Å²) in [5, 5.41) is 7.41. The van der Waals surface area contributed by atoms with Gasteiger partial charge in [-0.05, 0) is 0 Å². The summed E-state index contributed by atoms with van der Waals surface area (Å²) in [6.07, 6.45) is 0. The van der Waals surface area contributed by atoms with Crippen molar-refractivity contribution in [1.29, 1.82) is 0 Å². The molecule has 9 heavy (non-hydrogen) atoms. The lowest BCUT2D eigenvalue weighted by Crippen LogP contribution is -1.68. The summed E-state index contributed by atoms with van der Waals surface area (Å²) < 4.78 is 8.99. The van der Waals surface area contributed by atoms with Gasteiger partial charge in [-0.15, -0.1) is 5.10 Å². The Hall–Kier alpha value is -0.260. The fourth-order valence-electron chi connectivity index (χ4n) is 0.339. The number of hydrogen-bond acceptors (Lipinski definition) is 5. The highest BCUT2D eigenvalue weighted by Crippen LogP contribution is 2.17. The molecular formula is C3H3ClN2O2S. The molecule has 1 aromatic heterocycles. The molecule has 4 nitrogen and oxygen atoms in total. The molecule has 6 heteroatoms. The van der Waals surface area contributed by atoms with Crippen LogP contribution in [0.25, 0.3) is 0 Å². The lowest BCUT2D eigenvalue weighted by atomic mass is 10.8. The van der Waals surface area contributed by atoms with Crippen molar-refractivity contribution in [2.24, 2.45) is 0 Å². The molecule has 0 aromatic carbocycles. The Morgan fingerprint density at radius 1 is 1.67 bits per heavy atom. The summed E-state index contributed by atoms with van der Waals surface area (Å²) in [6.45, 7) is 1.69. The number of hydrogen-bond donors (Lipinski definition) is 0. The predicted octanol–water partition coefficient (Wildman–Crippen LogP) is 1.56. The monoisotopic (exact) mass is 166 g/mol. The zero-order chi connectivity index (χ0) is 6.69. The van der Waals surface area contributed by atoms with Gasteiger partial charge in [0.25, 0.3) is 0 Å². The van der Waals surface area contributed by atoms with E-state index < -0.39 is 0 Å². The minimum Gasteiger partial charge on any atom is -0.415 e. The molecule has 0 radical (unpaired) electrons. The molecule has 0 spiro atoms. The van der Waals surface area contributed by atoms with Crippen molar-refractivity contribution in [3.05, 3.63) is 5.89 Å². The number of aryl methyl sites for hydroxylation is 1. The molecule has 0 fully saturated rings. The minimum absolute atomic E-state index is 0.308.